The molecule has 6 rings (SSSR count). The SMILES string of the molecule is Cc1ccc2c(c1)C=C[C@@H]1N2[C@H](C(=O)C(C)(C)C)[C@@H](C(=O)c2cccs2)[C@@]12C(=O)Nc1ccccc12. The fourth-order valence-electron chi connectivity index (χ4n) is 6.31. The molecule has 1 amide bonds. The van der Waals surface area contributed by atoms with E-state index < -0.39 is 28.8 Å². The molecule has 0 bridgehead atoms. The normalized spacial score (nSPS) is 25.9. The summed E-state index contributed by atoms with van der Waals surface area (Å²) in [6.07, 6.45) is 4.06. The lowest BCUT2D eigenvalue weighted by Gasteiger charge is -2.38. The lowest BCUT2D eigenvalue weighted by atomic mass is 9.64. The summed E-state index contributed by atoms with van der Waals surface area (Å²) < 4.78 is 0. The number of fused-ring (bicyclic) bond motifs is 6. The van der Waals surface area contributed by atoms with Crippen LogP contribution in [0.5, 0.6) is 0 Å². The Morgan fingerprint density at radius 2 is 1.83 bits per heavy atom. The molecule has 0 radical (unpaired) electrons. The Hall–Kier alpha value is -3.51. The van der Waals surface area contributed by atoms with Crippen molar-refractivity contribution in [3.8, 4) is 0 Å². The molecule has 2 aromatic carbocycles. The minimum absolute atomic E-state index is 0.0433. The minimum atomic E-state index is -1.23. The maximum Gasteiger partial charge on any atom is 0.238 e. The molecule has 3 aliphatic heterocycles. The van der Waals surface area contributed by atoms with Crippen LogP contribution < -0.4 is 10.2 Å². The molecule has 1 aromatic heterocycles. The van der Waals surface area contributed by atoms with Crippen LogP contribution in [0.15, 0.2) is 66.1 Å². The van der Waals surface area contributed by atoms with E-state index in [1.54, 1.807) is 6.07 Å². The van der Waals surface area contributed by atoms with Crippen molar-refractivity contribution >= 4 is 46.3 Å². The molecule has 1 fully saturated rings. The second kappa shape index (κ2) is 7.74. The molecule has 4 atom stereocenters. The standard InChI is InChI=1S/C30H28N2O3S/c1-17-11-13-21-18(16-17)12-14-23-30(19-8-5-6-9-20(19)31-28(30)35)24(26(33)22-10-7-15-36-22)25(32(21)23)27(34)29(2,3)4/h5-16,23-25H,1-4H3,(H,31,35)/t23-,24-,25-,30-/m0/s1. The summed E-state index contributed by atoms with van der Waals surface area (Å²) in [5, 5.41) is 4.93. The molecule has 0 aliphatic carbocycles. The van der Waals surface area contributed by atoms with Gasteiger partial charge in [-0.15, -0.1) is 11.3 Å². The van der Waals surface area contributed by atoms with Crippen molar-refractivity contribution in [3.63, 3.8) is 0 Å². The first-order valence-electron chi connectivity index (χ1n) is 12.3. The van der Waals surface area contributed by atoms with E-state index in [0.717, 1.165) is 22.4 Å². The van der Waals surface area contributed by atoms with Gasteiger partial charge in [0.2, 0.25) is 5.91 Å². The zero-order chi connectivity index (χ0) is 25.4. The van der Waals surface area contributed by atoms with Gasteiger partial charge in [0.25, 0.3) is 0 Å². The molecular formula is C30H28N2O3S. The zero-order valence-corrected chi connectivity index (χ0v) is 21.6. The second-order valence-electron chi connectivity index (χ2n) is 11.0. The Balaban J connectivity index is 1.69. The Morgan fingerprint density at radius 3 is 2.56 bits per heavy atom. The lowest BCUT2D eigenvalue weighted by molar-refractivity contribution is -0.128. The number of rotatable bonds is 3. The van der Waals surface area contributed by atoms with Gasteiger partial charge in [-0.25, -0.2) is 0 Å². The highest BCUT2D eigenvalue weighted by Crippen LogP contribution is 2.58. The Labute approximate surface area is 214 Å². The second-order valence-corrected chi connectivity index (χ2v) is 12.0. The quantitative estimate of drug-likeness (QED) is 0.476. The van der Waals surface area contributed by atoms with Crippen molar-refractivity contribution in [2.45, 2.75) is 45.2 Å². The van der Waals surface area contributed by atoms with Crippen molar-refractivity contribution in [1.82, 2.24) is 0 Å². The van der Waals surface area contributed by atoms with Gasteiger partial charge in [0, 0.05) is 16.8 Å². The summed E-state index contributed by atoms with van der Waals surface area (Å²) in [5.74, 6) is -1.30. The van der Waals surface area contributed by atoms with Gasteiger partial charge in [-0.3, -0.25) is 14.4 Å². The number of thiophene rings is 1. The molecule has 36 heavy (non-hydrogen) atoms. The van der Waals surface area contributed by atoms with E-state index in [1.165, 1.54) is 11.3 Å². The molecule has 3 aromatic rings. The van der Waals surface area contributed by atoms with Crippen LogP contribution in [-0.2, 0) is 15.0 Å². The molecule has 0 unspecified atom stereocenters. The van der Waals surface area contributed by atoms with Crippen LogP contribution in [0.4, 0.5) is 11.4 Å². The Bertz CT molecular complexity index is 1450. The first kappa shape index (κ1) is 22.9. The Kier molecular flexibility index (Phi) is 4.93. The molecule has 5 nitrogen and oxygen atoms in total. The van der Waals surface area contributed by atoms with Crippen molar-refractivity contribution in [2.24, 2.45) is 11.3 Å². The summed E-state index contributed by atoms with van der Waals surface area (Å²) in [5.41, 5.74) is 2.53. The number of carbonyl (C=O) groups is 3. The third kappa shape index (κ3) is 2.97. The number of hydrogen-bond acceptors (Lipinski definition) is 5. The number of hydrogen-bond donors (Lipinski definition) is 1. The number of ketones is 2. The van der Waals surface area contributed by atoms with E-state index in [-0.39, 0.29) is 17.5 Å². The maximum atomic E-state index is 14.4. The summed E-state index contributed by atoms with van der Waals surface area (Å²) >= 11 is 1.36. The van der Waals surface area contributed by atoms with Crippen LogP contribution in [0.3, 0.4) is 0 Å². The van der Waals surface area contributed by atoms with E-state index >= 15 is 0 Å². The monoisotopic (exact) mass is 496 g/mol. The van der Waals surface area contributed by atoms with E-state index in [1.807, 2.05) is 87.7 Å². The first-order valence-corrected chi connectivity index (χ1v) is 13.1. The maximum absolute atomic E-state index is 14.4. The van der Waals surface area contributed by atoms with Gasteiger partial charge in [0.1, 0.15) is 11.5 Å². The number of Topliss-reactive ketones (excluding diaryl/α,β-unsaturated/α-hetero) is 2. The van der Waals surface area contributed by atoms with Crippen molar-refractivity contribution < 1.29 is 14.4 Å². The summed E-state index contributed by atoms with van der Waals surface area (Å²) in [6.45, 7) is 7.70. The van der Waals surface area contributed by atoms with E-state index in [0.29, 0.717) is 10.6 Å². The molecule has 1 N–H and O–H groups in total. The summed E-state index contributed by atoms with van der Waals surface area (Å²) in [6, 6.07) is 16.1. The topological polar surface area (TPSA) is 66.5 Å². The van der Waals surface area contributed by atoms with E-state index in [4.69, 9.17) is 0 Å². The van der Waals surface area contributed by atoms with E-state index in [9.17, 15) is 14.4 Å². The van der Waals surface area contributed by atoms with Gasteiger partial charge >= 0.3 is 0 Å². The van der Waals surface area contributed by atoms with Crippen molar-refractivity contribution in [3.05, 3.63) is 87.6 Å². The predicted molar refractivity (Wildman–Crippen MR) is 144 cm³/mol. The Morgan fingerprint density at radius 1 is 1.06 bits per heavy atom. The average molecular weight is 497 g/mol. The highest BCUT2D eigenvalue weighted by atomic mass is 32.1. The highest BCUT2D eigenvalue weighted by molar-refractivity contribution is 7.12. The first-order chi connectivity index (χ1) is 17.2. The predicted octanol–water partition coefficient (Wildman–Crippen LogP) is 5.64. The lowest BCUT2D eigenvalue weighted by Crippen LogP contribution is -2.51. The third-order valence-corrected chi connectivity index (χ3v) is 8.73. The van der Waals surface area contributed by atoms with Crippen molar-refractivity contribution in [1.29, 1.82) is 0 Å². The number of benzene rings is 2. The molecular weight excluding hydrogens is 468 g/mol. The largest absolute Gasteiger partial charge is 0.352 e. The molecule has 1 spiro atoms. The molecule has 4 heterocycles. The van der Waals surface area contributed by atoms with Gasteiger partial charge in [0.15, 0.2) is 11.6 Å². The van der Waals surface area contributed by atoms with Gasteiger partial charge in [-0.05, 0) is 47.7 Å². The van der Waals surface area contributed by atoms with Gasteiger partial charge in [-0.2, -0.15) is 0 Å². The molecule has 0 saturated carbocycles. The van der Waals surface area contributed by atoms with Crippen LogP contribution in [0.2, 0.25) is 0 Å². The smallest absolute Gasteiger partial charge is 0.238 e. The van der Waals surface area contributed by atoms with Crippen molar-refractivity contribution in [2.75, 3.05) is 10.2 Å². The number of para-hydroxylation sites is 1. The molecule has 6 heteroatoms. The molecule has 182 valence electrons. The number of anilines is 2. The number of aryl methyl sites for hydroxylation is 1. The van der Waals surface area contributed by atoms with Crippen LogP contribution >= 0.6 is 11.3 Å². The number of nitrogens with zero attached hydrogens (tertiary/aromatic N) is 1. The van der Waals surface area contributed by atoms with Gasteiger partial charge in [-0.1, -0.05) is 68.8 Å². The van der Waals surface area contributed by atoms with E-state index in [2.05, 4.69) is 16.3 Å². The minimum Gasteiger partial charge on any atom is -0.352 e. The highest BCUT2D eigenvalue weighted by Gasteiger charge is 2.70. The number of carbonyl (C=O) groups excluding carboxylic acids is 3. The number of nitrogens with one attached hydrogen (secondary N) is 1. The van der Waals surface area contributed by atoms with Crippen LogP contribution in [-0.4, -0.2) is 29.6 Å². The van der Waals surface area contributed by atoms with Gasteiger partial charge < -0.3 is 10.2 Å². The summed E-state index contributed by atoms with van der Waals surface area (Å²) in [4.78, 5) is 45.5. The summed E-state index contributed by atoms with van der Waals surface area (Å²) in [7, 11) is 0. The number of amides is 1. The van der Waals surface area contributed by atoms with Crippen LogP contribution in [0.25, 0.3) is 6.08 Å². The molecule has 3 aliphatic rings. The average Bonchev–Trinajstić information content (AvgIpc) is 3.54. The van der Waals surface area contributed by atoms with Crippen LogP contribution in [0, 0.1) is 18.3 Å². The third-order valence-electron chi connectivity index (χ3n) is 7.84. The fraction of sp³-hybridized carbons (Fsp3) is 0.300. The molecule has 1 saturated heterocycles. The van der Waals surface area contributed by atoms with Gasteiger partial charge in [0.05, 0.1) is 16.8 Å². The zero-order valence-electron chi connectivity index (χ0n) is 20.7. The fourth-order valence-corrected chi connectivity index (χ4v) is 7.02. The van der Waals surface area contributed by atoms with Crippen LogP contribution in [0.1, 0.15) is 47.1 Å².